The van der Waals surface area contributed by atoms with E-state index < -0.39 is 71.0 Å². The average Bonchev–Trinajstić information content (AvgIpc) is 3.58. The van der Waals surface area contributed by atoms with Crippen molar-refractivity contribution >= 4 is 35.1 Å². The van der Waals surface area contributed by atoms with Gasteiger partial charge in [-0.15, -0.1) is 0 Å². The predicted octanol–water partition coefficient (Wildman–Crippen LogP) is 4.70. The van der Waals surface area contributed by atoms with Crippen LogP contribution in [0.1, 0.15) is 131 Å². The number of aliphatic hydroxyl groups excluding tert-OH is 2. The Labute approximate surface area is 341 Å². The fraction of sp³-hybridized carbons (Fsp3) is 0.783. The number of carbonyl (C=O) groups is 6. The molecule has 12 nitrogen and oxygen atoms in total. The van der Waals surface area contributed by atoms with Crippen LogP contribution in [0.5, 0.6) is 0 Å². The molecule has 320 valence electrons. The van der Waals surface area contributed by atoms with Crippen molar-refractivity contribution < 1.29 is 58.7 Å². The highest BCUT2D eigenvalue weighted by molar-refractivity contribution is 5.93. The summed E-state index contributed by atoms with van der Waals surface area (Å²) >= 11 is 0. The molecule has 12 heteroatoms. The van der Waals surface area contributed by atoms with Crippen LogP contribution in [0.3, 0.4) is 0 Å². The molecule has 8 aliphatic rings. The number of aliphatic hydroxyl groups is 4. The number of ketones is 4. The molecule has 14 atom stereocenters. The Hall–Kier alpha value is -3.06. The minimum Gasteiger partial charge on any atom is -0.458 e. The quantitative estimate of drug-likeness (QED) is 0.270. The summed E-state index contributed by atoms with van der Waals surface area (Å²) in [5.74, 6) is -0.924. The van der Waals surface area contributed by atoms with Gasteiger partial charge in [-0.2, -0.15) is 0 Å². The summed E-state index contributed by atoms with van der Waals surface area (Å²) in [5, 5.41) is 45.5. The van der Waals surface area contributed by atoms with Crippen molar-refractivity contribution in [2.24, 2.45) is 57.2 Å². The molecule has 0 aromatic carbocycles. The van der Waals surface area contributed by atoms with E-state index in [1.807, 2.05) is 13.8 Å². The van der Waals surface area contributed by atoms with E-state index in [-0.39, 0.29) is 57.9 Å². The van der Waals surface area contributed by atoms with Crippen LogP contribution < -0.4 is 0 Å². The Morgan fingerprint density at radius 2 is 0.966 bits per heavy atom. The second kappa shape index (κ2) is 14.8. The summed E-state index contributed by atoms with van der Waals surface area (Å²) in [4.78, 5) is 71.9. The topological polar surface area (TPSA) is 202 Å². The van der Waals surface area contributed by atoms with Gasteiger partial charge in [-0.25, -0.2) is 0 Å². The first-order valence-corrected chi connectivity index (χ1v) is 21.7. The first kappa shape index (κ1) is 43.0. The molecule has 0 aliphatic heterocycles. The summed E-state index contributed by atoms with van der Waals surface area (Å²) in [7, 11) is 0. The van der Waals surface area contributed by atoms with Crippen molar-refractivity contribution in [3.8, 4) is 0 Å². The number of hydrogen-bond donors (Lipinski definition) is 4. The highest BCUT2D eigenvalue weighted by Crippen LogP contribution is 2.69. The van der Waals surface area contributed by atoms with Crippen LogP contribution in [0.15, 0.2) is 23.3 Å². The third-order valence-corrected chi connectivity index (χ3v) is 17.8. The maximum atomic E-state index is 12.9. The zero-order valence-corrected chi connectivity index (χ0v) is 35.1. The SMILES string of the molecule is CC(=O)OCC(=O)[C@@]1(O)CC[C@H]2[C@@H]3CCC4=CC(=O)CC[C@]4(C)[C@H]3[C@@H](O)C[C@@]21C.CC(=O)OCC(=O)[C@@]1(O)CC[C@H]2[C@@H]3CCC4=CC(=O)CC[C@]4(C)[C@H]3[C@@H](O)C[C@@]21C. The van der Waals surface area contributed by atoms with Gasteiger partial charge in [0.1, 0.15) is 11.2 Å². The maximum absolute atomic E-state index is 12.9. The molecule has 0 bridgehead atoms. The van der Waals surface area contributed by atoms with E-state index in [9.17, 15) is 49.2 Å². The van der Waals surface area contributed by atoms with Gasteiger partial charge in [0, 0.05) is 37.5 Å². The van der Waals surface area contributed by atoms with E-state index in [2.05, 4.69) is 13.8 Å². The van der Waals surface area contributed by atoms with Crippen LogP contribution >= 0.6 is 0 Å². The van der Waals surface area contributed by atoms with Gasteiger partial charge in [-0.3, -0.25) is 28.8 Å². The van der Waals surface area contributed by atoms with Gasteiger partial charge in [0.15, 0.2) is 24.8 Å². The molecule has 4 N–H and O–H groups in total. The normalized spacial score (nSPS) is 46.2. The molecule has 8 aliphatic carbocycles. The van der Waals surface area contributed by atoms with Crippen LogP contribution in [-0.4, -0.2) is 92.1 Å². The van der Waals surface area contributed by atoms with Gasteiger partial charge in [-0.05, 0) is 136 Å². The Morgan fingerprint density at radius 3 is 1.31 bits per heavy atom. The third kappa shape index (κ3) is 6.44. The molecule has 0 radical (unpaired) electrons. The van der Waals surface area contributed by atoms with Crippen molar-refractivity contribution in [1.29, 1.82) is 0 Å². The standard InChI is InChI=1S/2C23H32O6/c2*1-13(24)29-12-19(27)23(28)9-7-17-16-5-4-14-10-15(25)6-8-21(14,2)20(16)18(26)11-22(17,23)3/h2*10,16-18,20,26,28H,4-9,11-12H2,1-3H3/t2*16-,17-,18-,20+,21-,22-,23-/m00/s1. The van der Waals surface area contributed by atoms with Gasteiger partial charge in [0.25, 0.3) is 0 Å². The Kier molecular flexibility index (Phi) is 11.0. The first-order valence-electron chi connectivity index (χ1n) is 21.7. The number of hydrogen-bond acceptors (Lipinski definition) is 12. The van der Waals surface area contributed by atoms with Gasteiger partial charge >= 0.3 is 11.9 Å². The molecule has 0 unspecified atom stereocenters. The number of carbonyl (C=O) groups excluding carboxylic acids is 6. The summed E-state index contributed by atoms with van der Waals surface area (Å²) < 4.78 is 9.77. The number of allylic oxidation sites excluding steroid dienone is 2. The molecule has 6 fully saturated rings. The average molecular weight is 809 g/mol. The van der Waals surface area contributed by atoms with E-state index in [1.165, 1.54) is 13.8 Å². The zero-order valence-electron chi connectivity index (χ0n) is 35.1. The van der Waals surface area contributed by atoms with E-state index in [0.717, 1.165) is 62.5 Å². The van der Waals surface area contributed by atoms with E-state index in [1.54, 1.807) is 12.2 Å². The fourth-order valence-electron chi connectivity index (χ4n) is 14.9. The zero-order chi connectivity index (χ0) is 42.4. The van der Waals surface area contributed by atoms with Crippen LogP contribution in [0.4, 0.5) is 0 Å². The van der Waals surface area contributed by atoms with E-state index >= 15 is 0 Å². The smallest absolute Gasteiger partial charge is 0.303 e. The highest BCUT2D eigenvalue weighted by atomic mass is 16.5. The lowest BCUT2D eigenvalue weighted by molar-refractivity contribution is -0.184. The Bertz CT molecular complexity index is 1700. The molecule has 6 saturated carbocycles. The van der Waals surface area contributed by atoms with Gasteiger partial charge in [-0.1, -0.05) is 38.8 Å². The van der Waals surface area contributed by atoms with Gasteiger partial charge < -0.3 is 29.9 Å². The molecular weight excluding hydrogens is 744 g/mol. The number of ether oxygens (including phenoxy) is 2. The largest absolute Gasteiger partial charge is 0.458 e. The van der Waals surface area contributed by atoms with Crippen LogP contribution in [0, 0.1) is 57.2 Å². The molecule has 0 heterocycles. The lowest BCUT2D eigenvalue weighted by atomic mass is 9.45. The summed E-state index contributed by atoms with van der Waals surface area (Å²) in [5.41, 5.74) is -2.72. The summed E-state index contributed by atoms with van der Waals surface area (Å²) in [6.07, 6.45) is 11.1. The Morgan fingerprint density at radius 1 is 0.603 bits per heavy atom. The third-order valence-electron chi connectivity index (χ3n) is 17.8. The minimum atomic E-state index is -1.58. The van der Waals surface area contributed by atoms with Crippen molar-refractivity contribution in [2.45, 2.75) is 155 Å². The maximum Gasteiger partial charge on any atom is 0.303 e. The van der Waals surface area contributed by atoms with Gasteiger partial charge in [0.2, 0.25) is 11.6 Å². The molecular formula is C46H64O12. The monoisotopic (exact) mass is 808 g/mol. The molecule has 0 amide bonds. The second-order valence-electron chi connectivity index (χ2n) is 20.4. The first-order chi connectivity index (χ1) is 27.1. The summed E-state index contributed by atoms with van der Waals surface area (Å²) in [6.45, 7) is 9.85. The highest BCUT2D eigenvalue weighted by Gasteiger charge is 2.70. The molecule has 0 saturated heterocycles. The molecule has 58 heavy (non-hydrogen) atoms. The number of fused-ring (bicyclic) bond motifs is 10. The van der Waals surface area contributed by atoms with Crippen molar-refractivity contribution in [2.75, 3.05) is 13.2 Å². The second-order valence-corrected chi connectivity index (χ2v) is 20.4. The van der Waals surface area contributed by atoms with Crippen LogP contribution in [-0.2, 0) is 38.2 Å². The number of Topliss-reactive ketones (excluding diaryl/α,β-unsaturated/α-hetero) is 2. The number of esters is 2. The van der Waals surface area contributed by atoms with Crippen molar-refractivity contribution in [3.05, 3.63) is 23.3 Å². The van der Waals surface area contributed by atoms with Crippen molar-refractivity contribution in [1.82, 2.24) is 0 Å². The Balaban J connectivity index is 0.000000177. The predicted molar refractivity (Wildman–Crippen MR) is 209 cm³/mol. The fourth-order valence-corrected chi connectivity index (χ4v) is 14.9. The minimum absolute atomic E-state index is 0.0413. The van der Waals surface area contributed by atoms with E-state index in [0.29, 0.717) is 38.5 Å². The number of rotatable bonds is 6. The molecule has 0 aromatic heterocycles. The van der Waals surface area contributed by atoms with Crippen LogP contribution in [0.2, 0.25) is 0 Å². The lowest BCUT2D eigenvalue weighted by Crippen LogP contribution is -2.62. The summed E-state index contributed by atoms with van der Waals surface area (Å²) in [6, 6.07) is 0. The molecule has 8 rings (SSSR count). The molecule has 0 spiro atoms. The molecule has 0 aromatic rings. The van der Waals surface area contributed by atoms with E-state index in [4.69, 9.17) is 9.47 Å². The lowest BCUT2D eigenvalue weighted by Gasteiger charge is -2.60. The van der Waals surface area contributed by atoms with Gasteiger partial charge in [0.05, 0.1) is 12.2 Å². The van der Waals surface area contributed by atoms with Crippen LogP contribution in [0.25, 0.3) is 0 Å². The van der Waals surface area contributed by atoms with Crippen molar-refractivity contribution in [3.63, 3.8) is 0 Å².